The number of alkyl halides is 3. The zero-order valence-electron chi connectivity index (χ0n) is 23.9. The van der Waals surface area contributed by atoms with Gasteiger partial charge in [-0.2, -0.15) is 13.2 Å². The molecular weight excluding hydrogens is 571 g/mol. The molecule has 3 heterocycles. The normalized spacial score (nSPS) is 14.9. The maximum atomic E-state index is 13.7. The number of fused-ring (bicyclic) bond motifs is 1. The smallest absolute Gasteiger partial charge is 0.490 e. The zero-order chi connectivity index (χ0) is 31.3. The van der Waals surface area contributed by atoms with Crippen molar-refractivity contribution < 1.29 is 42.1 Å². The second-order valence-electron chi connectivity index (χ2n) is 9.91. The van der Waals surface area contributed by atoms with Crippen LogP contribution in [-0.2, 0) is 16.0 Å². The van der Waals surface area contributed by atoms with Gasteiger partial charge < -0.3 is 24.4 Å². The number of carboxylic acids is 1. The number of carboxylic acid groups (broad SMARTS) is 1. The van der Waals surface area contributed by atoms with Crippen LogP contribution in [0.1, 0.15) is 28.9 Å². The monoisotopic (exact) mass is 603 g/mol. The Morgan fingerprint density at radius 3 is 2.07 bits per heavy atom. The second-order valence-corrected chi connectivity index (χ2v) is 9.91. The van der Waals surface area contributed by atoms with Gasteiger partial charge in [0.2, 0.25) is 11.8 Å². The summed E-state index contributed by atoms with van der Waals surface area (Å²) < 4.78 is 44.1. The van der Waals surface area contributed by atoms with E-state index >= 15 is 0 Å². The van der Waals surface area contributed by atoms with Crippen LogP contribution in [-0.4, -0.2) is 91.2 Å². The lowest BCUT2D eigenvalue weighted by molar-refractivity contribution is -0.192. The summed E-state index contributed by atoms with van der Waals surface area (Å²) in [5.41, 5.74) is 3.62. The van der Waals surface area contributed by atoms with E-state index in [1.807, 2.05) is 48.5 Å². The van der Waals surface area contributed by atoms with Crippen molar-refractivity contribution in [1.29, 1.82) is 0 Å². The minimum absolute atomic E-state index is 0.0684. The van der Waals surface area contributed by atoms with Crippen LogP contribution < -0.4 is 19.3 Å². The van der Waals surface area contributed by atoms with Gasteiger partial charge in [0.1, 0.15) is 11.4 Å². The Morgan fingerprint density at radius 2 is 1.53 bits per heavy atom. The van der Waals surface area contributed by atoms with Crippen molar-refractivity contribution in [3.05, 3.63) is 59.8 Å². The lowest BCUT2D eigenvalue weighted by Gasteiger charge is -2.28. The predicted molar refractivity (Wildman–Crippen MR) is 151 cm³/mol. The Labute approximate surface area is 246 Å². The number of likely N-dealkylation sites (N-methyl/N-ethyl adjacent to an activating group) is 1. The number of carbonyl (C=O) groups excluding carboxylic acids is 2. The van der Waals surface area contributed by atoms with Crippen molar-refractivity contribution in [3.63, 3.8) is 0 Å². The van der Waals surface area contributed by atoms with Gasteiger partial charge in [0.25, 0.3) is 5.91 Å². The molecule has 2 aromatic carbocycles. The van der Waals surface area contributed by atoms with Crippen LogP contribution in [0.15, 0.2) is 48.5 Å². The van der Waals surface area contributed by atoms with Gasteiger partial charge >= 0.3 is 12.1 Å². The molecule has 1 fully saturated rings. The Morgan fingerprint density at radius 1 is 0.953 bits per heavy atom. The van der Waals surface area contributed by atoms with Crippen LogP contribution in [0.4, 0.5) is 24.5 Å². The van der Waals surface area contributed by atoms with Crippen LogP contribution in [0.3, 0.4) is 0 Å². The molecule has 11 nitrogen and oxygen atoms in total. The maximum absolute atomic E-state index is 13.7. The first-order valence-electron chi connectivity index (χ1n) is 13.5. The molecule has 0 saturated carbocycles. The van der Waals surface area contributed by atoms with Crippen molar-refractivity contribution in [2.45, 2.75) is 25.4 Å². The number of anilines is 2. The van der Waals surface area contributed by atoms with E-state index in [0.717, 1.165) is 54.3 Å². The minimum atomic E-state index is -5.08. The molecule has 0 radical (unpaired) electrons. The van der Waals surface area contributed by atoms with E-state index in [-0.39, 0.29) is 11.8 Å². The standard InChI is InChI=1S/C27H31N5O4.C2HF3O2/c1-29(24(33)18-30-15-4-5-16-30)19-6-8-20(9-7-19)31-17-14-23-25(27(31)34)32(28-26(23)36-3)21-10-12-22(35-2)13-11-21;3-2(4,5)1(6)7/h6-13H,4-5,14-18H2,1-3H3;(H,6,7). The number of benzene rings is 2. The largest absolute Gasteiger partial charge is 0.497 e. The molecule has 1 aromatic heterocycles. The molecule has 2 aliphatic rings. The molecule has 5 rings (SSSR count). The summed E-state index contributed by atoms with van der Waals surface area (Å²) in [4.78, 5) is 40.9. The van der Waals surface area contributed by atoms with Crippen LogP contribution in [0.25, 0.3) is 5.69 Å². The third-order valence-corrected chi connectivity index (χ3v) is 7.21. The molecule has 1 N–H and O–H groups in total. The molecular formula is C29H32F3N5O6. The Kier molecular flexibility index (Phi) is 9.59. The van der Waals surface area contributed by atoms with Crippen LogP contribution >= 0.6 is 0 Å². The molecule has 43 heavy (non-hydrogen) atoms. The molecule has 0 bridgehead atoms. The number of aromatic nitrogens is 2. The highest BCUT2D eigenvalue weighted by atomic mass is 19.4. The molecule has 14 heteroatoms. The van der Waals surface area contributed by atoms with Gasteiger partial charge in [0.15, 0.2) is 0 Å². The van der Waals surface area contributed by atoms with Crippen LogP contribution in [0.2, 0.25) is 0 Å². The second kappa shape index (κ2) is 13.2. The van der Waals surface area contributed by atoms with E-state index in [2.05, 4.69) is 10.00 Å². The summed E-state index contributed by atoms with van der Waals surface area (Å²) in [5.74, 6) is -1.65. The van der Waals surface area contributed by atoms with Crippen LogP contribution in [0.5, 0.6) is 11.6 Å². The van der Waals surface area contributed by atoms with Gasteiger partial charge in [0.05, 0.1) is 26.5 Å². The van der Waals surface area contributed by atoms with Gasteiger partial charge in [-0.1, -0.05) is 0 Å². The number of methoxy groups -OCH3 is 2. The summed E-state index contributed by atoms with van der Waals surface area (Å²) in [5, 5.41) is 11.7. The van der Waals surface area contributed by atoms with Crippen molar-refractivity contribution >= 4 is 29.2 Å². The average molecular weight is 604 g/mol. The molecule has 2 amide bonds. The fourth-order valence-corrected chi connectivity index (χ4v) is 4.89. The van der Waals surface area contributed by atoms with Gasteiger partial charge in [0, 0.05) is 30.5 Å². The minimum Gasteiger partial charge on any atom is -0.497 e. The first kappa shape index (κ1) is 31.3. The summed E-state index contributed by atoms with van der Waals surface area (Å²) in [6.07, 6.45) is -2.16. The van der Waals surface area contributed by atoms with Crippen molar-refractivity contribution in [2.75, 3.05) is 57.2 Å². The fraction of sp³-hybridized carbons (Fsp3) is 0.379. The van der Waals surface area contributed by atoms with E-state index in [1.54, 1.807) is 35.7 Å². The molecule has 230 valence electrons. The molecule has 0 unspecified atom stereocenters. The van der Waals surface area contributed by atoms with Gasteiger partial charge in [-0.25, -0.2) is 9.48 Å². The van der Waals surface area contributed by atoms with E-state index in [1.165, 1.54) is 0 Å². The average Bonchev–Trinajstić information content (AvgIpc) is 3.65. The highest BCUT2D eigenvalue weighted by Gasteiger charge is 2.38. The summed E-state index contributed by atoms with van der Waals surface area (Å²) >= 11 is 0. The SMILES string of the molecule is COc1ccc(-n2nc(OC)c3c2C(=O)N(c2ccc(N(C)C(=O)CN4CCCC4)cc2)CC3)cc1.O=C(O)C(F)(F)F. The topological polar surface area (TPSA) is 117 Å². The lowest BCUT2D eigenvalue weighted by atomic mass is 10.0. The summed E-state index contributed by atoms with van der Waals surface area (Å²) in [6, 6.07) is 15.0. The number of aliphatic carboxylic acids is 1. The first-order chi connectivity index (χ1) is 20.4. The number of ether oxygens (including phenoxy) is 2. The molecule has 1 saturated heterocycles. The molecule has 0 spiro atoms. The zero-order valence-corrected chi connectivity index (χ0v) is 23.9. The van der Waals surface area contributed by atoms with E-state index in [0.29, 0.717) is 31.1 Å². The number of hydrogen-bond acceptors (Lipinski definition) is 7. The van der Waals surface area contributed by atoms with Gasteiger partial charge in [-0.05, 0) is 80.9 Å². The highest BCUT2D eigenvalue weighted by molar-refractivity contribution is 6.08. The molecule has 3 aromatic rings. The Balaban J connectivity index is 0.000000541. The summed E-state index contributed by atoms with van der Waals surface area (Å²) in [7, 11) is 4.98. The van der Waals surface area contributed by atoms with Gasteiger partial charge in [-0.15, -0.1) is 5.10 Å². The number of halogens is 3. The third-order valence-electron chi connectivity index (χ3n) is 7.21. The highest BCUT2D eigenvalue weighted by Crippen LogP contribution is 2.33. The third kappa shape index (κ3) is 7.08. The van der Waals surface area contributed by atoms with E-state index in [9.17, 15) is 22.8 Å². The lowest BCUT2D eigenvalue weighted by Crippen LogP contribution is -2.39. The molecule has 2 aliphatic heterocycles. The van der Waals surface area contributed by atoms with Gasteiger partial charge in [-0.3, -0.25) is 14.5 Å². The Hall–Kier alpha value is -4.59. The number of carbonyl (C=O) groups is 3. The molecule has 0 aliphatic carbocycles. The Bertz CT molecular complexity index is 1450. The fourth-order valence-electron chi connectivity index (χ4n) is 4.89. The van der Waals surface area contributed by atoms with Crippen molar-refractivity contribution in [2.24, 2.45) is 0 Å². The number of amides is 2. The van der Waals surface area contributed by atoms with Crippen LogP contribution in [0, 0.1) is 0 Å². The van der Waals surface area contributed by atoms with E-state index < -0.39 is 12.1 Å². The quantitative estimate of drug-likeness (QED) is 0.434. The summed E-state index contributed by atoms with van der Waals surface area (Å²) in [6.45, 7) is 2.91. The number of likely N-dealkylation sites (tertiary alicyclic amines) is 1. The predicted octanol–water partition coefficient (Wildman–Crippen LogP) is 3.78. The van der Waals surface area contributed by atoms with E-state index in [4.69, 9.17) is 19.4 Å². The number of hydrogen-bond donors (Lipinski definition) is 1. The first-order valence-corrected chi connectivity index (χ1v) is 13.5. The molecule has 0 atom stereocenters. The maximum Gasteiger partial charge on any atom is 0.490 e. The van der Waals surface area contributed by atoms with Crippen molar-refractivity contribution in [3.8, 4) is 17.3 Å². The number of rotatable bonds is 7. The van der Waals surface area contributed by atoms with Crippen molar-refractivity contribution in [1.82, 2.24) is 14.7 Å². The number of nitrogens with zero attached hydrogens (tertiary/aromatic N) is 5.